The Bertz CT molecular complexity index is 919. The SMILES string of the molecule is COC(=O)NCCC[C@@]1(CCN(C)C(=O)NCCN(C)C2CCCCC2C)NC(O)c2ccc(Cl)cc21. The molecular formula is C27H44ClN5O4. The van der Waals surface area contributed by atoms with Crippen LogP contribution in [0, 0.1) is 5.92 Å². The van der Waals surface area contributed by atoms with Gasteiger partial charge in [-0.2, -0.15) is 0 Å². The van der Waals surface area contributed by atoms with Gasteiger partial charge in [-0.15, -0.1) is 0 Å². The Morgan fingerprint density at radius 3 is 2.65 bits per heavy atom. The number of rotatable bonds is 11. The molecule has 9 nitrogen and oxygen atoms in total. The number of aliphatic hydroxyl groups excluding tert-OH is 1. The first-order valence-electron chi connectivity index (χ1n) is 13.4. The van der Waals surface area contributed by atoms with Gasteiger partial charge in [0, 0.05) is 55.4 Å². The van der Waals surface area contributed by atoms with Gasteiger partial charge >= 0.3 is 12.1 Å². The maximum atomic E-state index is 12.9. The van der Waals surface area contributed by atoms with Gasteiger partial charge < -0.3 is 30.3 Å². The molecule has 1 saturated carbocycles. The van der Waals surface area contributed by atoms with Crippen LogP contribution in [0.5, 0.6) is 0 Å². The third kappa shape index (κ3) is 7.72. The monoisotopic (exact) mass is 537 g/mol. The van der Waals surface area contributed by atoms with E-state index in [-0.39, 0.29) is 6.03 Å². The molecule has 0 bridgehead atoms. The maximum absolute atomic E-state index is 12.9. The fraction of sp³-hybridized carbons (Fsp3) is 0.704. The van der Waals surface area contributed by atoms with E-state index in [0.29, 0.717) is 55.9 Å². The van der Waals surface area contributed by atoms with Crippen molar-refractivity contribution in [1.29, 1.82) is 0 Å². The number of carbonyl (C=O) groups is 2. The van der Waals surface area contributed by atoms with Gasteiger partial charge in [0.1, 0.15) is 6.23 Å². The zero-order valence-corrected chi connectivity index (χ0v) is 23.4. The number of likely N-dealkylation sites (N-methyl/N-ethyl adjacent to an activating group) is 1. The van der Waals surface area contributed by atoms with E-state index < -0.39 is 17.9 Å². The molecule has 4 N–H and O–H groups in total. The van der Waals surface area contributed by atoms with Crippen molar-refractivity contribution in [2.24, 2.45) is 5.92 Å². The Morgan fingerprint density at radius 1 is 1.16 bits per heavy atom. The second kappa shape index (κ2) is 13.6. The van der Waals surface area contributed by atoms with Gasteiger partial charge in [-0.1, -0.05) is 37.4 Å². The van der Waals surface area contributed by atoms with Crippen LogP contribution < -0.4 is 16.0 Å². The Morgan fingerprint density at radius 2 is 1.92 bits per heavy atom. The van der Waals surface area contributed by atoms with Crippen molar-refractivity contribution >= 4 is 23.7 Å². The molecule has 208 valence electrons. The average Bonchev–Trinajstić information content (AvgIpc) is 3.15. The lowest BCUT2D eigenvalue weighted by molar-refractivity contribution is 0.102. The fourth-order valence-corrected chi connectivity index (χ4v) is 6.01. The lowest BCUT2D eigenvalue weighted by Crippen LogP contribution is -2.47. The van der Waals surface area contributed by atoms with Crippen molar-refractivity contribution in [3.05, 3.63) is 34.3 Å². The molecule has 0 aromatic heterocycles. The Balaban J connectivity index is 1.56. The Kier molecular flexibility index (Phi) is 10.9. The van der Waals surface area contributed by atoms with Crippen LogP contribution >= 0.6 is 11.6 Å². The molecule has 1 aromatic rings. The number of urea groups is 1. The van der Waals surface area contributed by atoms with E-state index >= 15 is 0 Å². The number of benzene rings is 1. The van der Waals surface area contributed by atoms with Crippen LogP contribution in [0.4, 0.5) is 9.59 Å². The van der Waals surface area contributed by atoms with Crippen molar-refractivity contribution in [2.75, 3.05) is 47.4 Å². The van der Waals surface area contributed by atoms with E-state index in [4.69, 9.17) is 11.6 Å². The third-order valence-corrected chi connectivity index (χ3v) is 8.30. The minimum absolute atomic E-state index is 0.113. The second-order valence-corrected chi connectivity index (χ2v) is 11.0. The molecular weight excluding hydrogens is 494 g/mol. The van der Waals surface area contributed by atoms with E-state index in [1.54, 1.807) is 18.0 Å². The number of carbonyl (C=O) groups excluding carboxylic acids is 2. The first-order valence-corrected chi connectivity index (χ1v) is 13.8. The summed E-state index contributed by atoms with van der Waals surface area (Å²) in [6, 6.07) is 5.96. The number of alkyl carbamates (subject to hydrolysis) is 1. The summed E-state index contributed by atoms with van der Waals surface area (Å²) in [6.45, 7) is 4.67. The van der Waals surface area contributed by atoms with Gasteiger partial charge in [-0.3, -0.25) is 5.32 Å². The zero-order chi connectivity index (χ0) is 27.0. The predicted molar refractivity (Wildman–Crippen MR) is 146 cm³/mol. The molecule has 2 aliphatic rings. The molecule has 3 amide bonds. The topological polar surface area (TPSA) is 106 Å². The maximum Gasteiger partial charge on any atom is 0.406 e. The largest absolute Gasteiger partial charge is 0.453 e. The Hall–Kier alpha value is -2.07. The summed E-state index contributed by atoms with van der Waals surface area (Å²) in [4.78, 5) is 28.4. The molecule has 3 rings (SSSR count). The van der Waals surface area contributed by atoms with E-state index in [1.807, 2.05) is 12.1 Å². The summed E-state index contributed by atoms with van der Waals surface area (Å²) >= 11 is 6.32. The van der Waals surface area contributed by atoms with Gasteiger partial charge in [-0.25, -0.2) is 9.59 Å². The fourth-order valence-electron chi connectivity index (χ4n) is 5.84. The highest BCUT2D eigenvalue weighted by molar-refractivity contribution is 6.30. The number of fused-ring (bicyclic) bond motifs is 1. The number of hydrogen-bond acceptors (Lipinski definition) is 6. The highest BCUT2D eigenvalue weighted by atomic mass is 35.5. The number of methoxy groups -OCH3 is 1. The van der Waals surface area contributed by atoms with Crippen LogP contribution in [0.2, 0.25) is 5.02 Å². The number of halogens is 1. The second-order valence-electron chi connectivity index (χ2n) is 10.6. The van der Waals surface area contributed by atoms with E-state index in [9.17, 15) is 14.7 Å². The lowest BCUT2D eigenvalue weighted by atomic mass is 9.83. The summed E-state index contributed by atoms with van der Waals surface area (Å²) in [5.41, 5.74) is 1.14. The number of nitrogens with one attached hydrogen (secondary N) is 3. The van der Waals surface area contributed by atoms with Crippen LogP contribution in [-0.4, -0.2) is 80.5 Å². The lowest BCUT2D eigenvalue weighted by Gasteiger charge is -2.36. The number of amides is 3. The van der Waals surface area contributed by atoms with Gasteiger partial charge in [-0.05, 0) is 62.8 Å². The smallest absolute Gasteiger partial charge is 0.406 e. The standard InChI is InChI=1S/C27H44ClN5O4/c1-19-8-5-6-9-23(19)32(2)17-15-29-25(35)33(3)16-13-27(12-7-14-30-26(36)37-4)22-18-20(28)10-11-21(22)24(34)31-27/h10-11,18-19,23-24,31,34H,5-9,12-17H2,1-4H3,(H,29,35)(H,30,36)/t19?,23?,24?,27-/m0/s1. The van der Waals surface area contributed by atoms with E-state index in [1.165, 1.54) is 32.8 Å². The van der Waals surface area contributed by atoms with Crippen molar-refractivity contribution in [3.8, 4) is 0 Å². The van der Waals surface area contributed by atoms with Crippen molar-refractivity contribution in [2.45, 2.75) is 69.7 Å². The van der Waals surface area contributed by atoms with Gasteiger partial charge in [0.15, 0.2) is 0 Å². The number of hydrogen-bond donors (Lipinski definition) is 4. The van der Waals surface area contributed by atoms with Gasteiger partial charge in [0.2, 0.25) is 0 Å². The van der Waals surface area contributed by atoms with Crippen LogP contribution in [0.1, 0.15) is 69.2 Å². The highest BCUT2D eigenvalue weighted by Crippen LogP contribution is 2.43. The summed E-state index contributed by atoms with van der Waals surface area (Å²) in [7, 11) is 5.28. The van der Waals surface area contributed by atoms with E-state index in [0.717, 1.165) is 17.7 Å². The Labute approximate surface area is 226 Å². The minimum Gasteiger partial charge on any atom is -0.453 e. The molecule has 37 heavy (non-hydrogen) atoms. The van der Waals surface area contributed by atoms with E-state index in [2.05, 4.69) is 39.6 Å². The summed E-state index contributed by atoms with van der Waals surface area (Å²) in [5, 5.41) is 20.4. The average molecular weight is 538 g/mol. The van der Waals surface area contributed by atoms with Crippen LogP contribution in [0.25, 0.3) is 0 Å². The van der Waals surface area contributed by atoms with Crippen molar-refractivity contribution in [1.82, 2.24) is 25.8 Å². The molecule has 1 aliphatic heterocycles. The summed E-state index contributed by atoms with van der Waals surface area (Å²) < 4.78 is 4.65. The molecule has 0 saturated heterocycles. The normalized spacial score (nSPS) is 25.0. The molecule has 1 aliphatic carbocycles. The highest BCUT2D eigenvalue weighted by Gasteiger charge is 2.42. The number of ether oxygens (including phenoxy) is 1. The molecule has 3 unspecified atom stereocenters. The molecule has 4 atom stereocenters. The summed E-state index contributed by atoms with van der Waals surface area (Å²) in [6.07, 6.45) is 5.69. The van der Waals surface area contributed by atoms with Crippen LogP contribution in [0.15, 0.2) is 18.2 Å². The molecule has 0 radical (unpaired) electrons. The van der Waals surface area contributed by atoms with Gasteiger partial charge in [0.05, 0.1) is 7.11 Å². The quantitative estimate of drug-likeness (QED) is 0.320. The van der Waals surface area contributed by atoms with Crippen molar-refractivity contribution in [3.63, 3.8) is 0 Å². The first-order chi connectivity index (χ1) is 17.7. The molecule has 0 spiro atoms. The zero-order valence-electron chi connectivity index (χ0n) is 22.7. The predicted octanol–water partition coefficient (Wildman–Crippen LogP) is 3.81. The van der Waals surface area contributed by atoms with Crippen LogP contribution in [0.3, 0.4) is 0 Å². The first kappa shape index (κ1) is 29.5. The van der Waals surface area contributed by atoms with Crippen LogP contribution in [-0.2, 0) is 10.3 Å². The number of nitrogens with zero attached hydrogens (tertiary/aromatic N) is 2. The third-order valence-electron chi connectivity index (χ3n) is 8.07. The molecule has 1 heterocycles. The molecule has 1 fully saturated rings. The van der Waals surface area contributed by atoms with Crippen molar-refractivity contribution < 1.29 is 19.4 Å². The number of aliphatic hydroxyl groups is 1. The summed E-state index contributed by atoms with van der Waals surface area (Å²) in [5.74, 6) is 0.696. The van der Waals surface area contributed by atoms with Gasteiger partial charge in [0.25, 0.3) is 0 Å². The molecule has 1 aromatic carbocycles. The minimum atomic E-state index is -0.822. The molecule has 10 heteroatoms.